The number of nitrogens with one attached hydrogen (secondary N) is 2. The lowest BCUT2D eigenvalue weighted by atomic mass is 9.95. The normalized spacial score (nSPS) is 15.5. The summed E-state index contributed by atoms with van der Waals surface area (Å²) < 4.78 is 62.1. The van der Waals surface area contributed by atoms with Gasteiger partial charge in [0.2, 0.25) is 0 Å². The Morgan fingerprint density at radius 1 is 1.07 bits per heavy atom. The molecular weight excluding hydrogens is 600 g/mol. The summed E-state index contributed by atoms with van der Waals surface area (Å²) in [5.74, 6) is -1.83. The van der Waals surface area contributed by atoms with Crippen LogP contribution < -0.4 is 10.1 Å². The molecule has 1 aliphatic carbocycles. The van der Waals surface area contributed by atoms with E-state index in [2.05, 4.69) is 41.6 Å². The second-order valence-corrected chi connectivity index (χ2v) is 11.2. The highest BCUT2D eigenvalue weighted by Crippen LogP contribution is 2.31. The number of benzene rings is 1. The smallest absolute Gasteiger partial charge is 0.446 e. The van der Waals surface area contributed by atoms with Crippen molar-refractivity contribution in [1.82, 2.24) is 40.4 Å². The number of carbonyl (C=O) groups excluding carboxylic acids is 2. The number of carbonyl (C=O) groups is 2. The number of aryl methyl sites for hydroxylation is 2. The molecule has 2 N–H and O–H groups in total. The number of H-pyrrole nitrogens is 1. The summed E-state index contributed by atoms with van der Waals surface area (Å²) in [6, 6.07) is 6.60. The standard InChI is InChI=1S/C29H30F4N8O4/c30-23-8-7-22(45-29(31,32)33)11-18(23)13-34-27(42)25-16-41(39-37-25)9-2-1-4-20-10-17-12-24(35-26(17)38-36-20)19-14-40(15-19)28(43)44-21-5-3-6-21/h7-8,10-12,16,19,21H,1-6,9,13-15H2,(H,34,42)(H,35,38). The first kappa shape index (κ1) is 30.3. The number of amides is 2. The molecule has 45 heavy (non-hydrogen) atoms. The maximum absolute atomic E-state index is 14.0. The Hall–Kier alpha value is -4.76. The van der Waals surface area contributed by atoms with E-state index in [0.29, 0.717) is 38.1 Å². The van der Waals surface area contributed by atoms with Crippen LogP contribution in [0.4, 0.5) is 22.4 Å². The van der Waals surface area contributed by atoms with Crippen molar-refractivity contribution in [3.63, 3.8) is 0 Å². The molecule has 2 fully saturated rings. The first-order valence-electron chi connectivity index (χ1n) is 14.6. The summed E-state index contributed by atoms with van der Waals surface area (Å²) in [4.78, 5) is 29.7. The Labute approximate surface area is 254 Å². The molecule has 3 aromatic heterocycles. The molecule has 1 aliphatic heterocycles. The number of hydrogen-bond donors (Lipinski definition) is 2. The lowest BCUT2D eigenvalue weighted by molar-refractivity contribution is -0.274. The van der Waals surface area contributed by atoms with Crippen molar-refractivity contribution in [3.8, 4) is 5.75 Å². The number of halogens is 4. The molecule has 0 atom stereocenters. The minimum atomic E-state index is -4.92. The van der Waals surface area contributed by atoms with Crippen LogP contribution in [-0.4, -0.2) is 72.6 Å². The molecule has 0 unspecified atom stereocenters. The van der Waals surface area contributed by atoms with Gasteiger partial charge < -0.3 is 24.7 Å². The lowest BCUT2D eigenvalue weighted by Crippen LogP contribution is -2.50. The third kappa shape index (κ3) is 7.49. The zero-order valence-corrected chi connectivity index (χ0v) is 24.0. The van der Waals surface area contributed by atoms with Gasteiger partial charge in [-0.3, -0.25) is 9.48 Å². The molecule has 4 aromatic rings. The summed E-state index contributed by atoms with van der Waals surface area (Å²) in [7, 11) is 0. The number of rotatable bonds is 11. The van der Waals surface area contributed by atoms with Gasteiger partial charge >= 0.3 is 12.5 Å². The van der Waals surface area contributed by atoms with Crippen molar-refractivity contribution in [1.29, 1.82) is 0 Å². The number of aromatic amines is 1. The van der Waals surface area contributed by atoms with Gasteiger partial charge in [-0.1, -0.05) is 5.21 Å². The number of alkyl halides is 3. The summed E-state index contributed by atoms with van der Waals surface area (Å²) in [5.41, 5.74) is 2.36. The largest absolute Gasteiger partial charge is 0.573 e. The van der Waals surface area contributed by atoms with E-state index < -0.39 is 23.8 Å². The molecular formula is C29H30F4N8O4. The Bertz CT molecular complexity index is 1680. The number of aromatic nitrogens is 6. The van der Waals surface area contributed by atoms with Gasteiger partial charge in [0, 0.05) is 48.7 Å². The van der Waals surface area contributed by atoms with Crippen LogP contribution in [0.25, 0.3) is 11.0 Å². The fourth-order valence-electron chi connectivity index (χ4n) is 5.11. The summed E-state index contributed by atoms with van der Waals surface area (Å²) in [6.45, 7) is 1.33. The molecule has 238 valence electrons. The number of unbranched alkanes of at least 4 members (excludes halogenated alkanes) is 1. The monoisotopic (exact) mass is 630 g/mol. The van der Waals surface area contributed by atoms with E-state index >= 15 is 0 Å². The van der Waals surface area contributed by atoms with Gasteiger partial charge in [-0.25, -0.2) is 9.18 Å². The van der Waals surface area contributed by atoms with Gasteiger partial charge in [-0.15, -0.1) is 23.4 Å². The minimum Gasteiger partial charge on any atom is -0.446 e. The molecule has 16 heteroatoms. The maximum Gasteiger partial charge on any atom is 0.573 e. The topological polar surface area (TPSA) is 140 Å². The van der Waals surface area contributed by atoms with E-state index in [1.165, 1.54) is 10.9 Å². The van der Waals surface area contributed by atoms with Crippen LogP contribution >= 0.6 is 0 Å². The third-order valence-electron chi connectivity index (χ3n) is 7.88. The average Bonchev–Trinajstić information content (AvgIpc) is 3.58. The third-order valence-corrected chi connectivity index (χ3v) is 7.88. The average molecular weight is 631 g/mol. The van der Waals surface area contributed by atoms with E-state index in [1.54, 1.807) is 4.90 Å². The van der Waals surface area contributed by atoms with Crippen molar-refractivity contribution in [2.75, 3.05) is 13.1 Å². The molecule has 12 nitrogen and oxygen atoms in total. The minimum absolute atomic E-state index is 0.0116. The van der Waals surface area contributed by atoms with E-state index in [1.807, 2.05) is 6.07 Å². The molecule has 4 heterocycles. The molecule has 2 amide bonds. The summed E-state index contributed by atoms with van der Waals surface area (Å²) >= 11 is 0. The van der Waals surface area contributed by atoms with Crippen LogP contribution in [0, 0.1) is 5.82 Å². The molecule has 0 radical (unpaired) electrons. The number of ether oxygens (including phenoxy) is 2. The zero-order chi connectivity index (χ0) is 31.6. The van der Waals surface area contributed by atoms with E-state index in [-0.39, 0.29) is 35.9 Å². The Morgan fingerprint density at radius 2 is 1.89 bits per heavy atom. The zero-order valence-electron chi connectivity index (χ0n) is 24.0. The molecule has 1 saturated heterocycles. The second-order valence-electron chi connectivity index (χ2n) is 11.2. The summed E-state index contributed by atoms with van der Waals surface area (Å²) in [6.07, 6.45) is 1.55. The van der Waals surface area contributed by atoms with Gasteiger partial charge in [-0.2, -0.15) is 5.10 Å². The number of hydrogen-bond acceptors (Lipinski definition) is 8. The summed E-state index contributed by atoms with van der Waals surface area (Å²) in [5, 5.41) is 19.8. The molecule has 1 saturated carbocycles. The fraction of sp³-hybridized carbons (Fsp3) is 0.448. The SMILES string of the molecule is O=C(NCc1cc(OC(F)(F)F)ccc1F)c1cn(CCCCc2cc3cc(C4CN(C(=O)OC5CCC5)C4)[nH]c3nn2)nn1. The van der Waals surface area contributed by atoms with E-state index in [9.17, 15) is 27.2 Å². The van der Waals surface area contributed by atoms with Crippen LogP contribution in [0.3, 0.4) is 0 Å². The maximum atomic E-state index is 14.0. The van der Waals surface area contributed by atoms with Crippen molar-refractivity contribution in [2.45, 2.75) is 70.0 Å². The van der Waals surface area contributed by atoms with Gasteiger partial charge in [-0.05, 0) is 68.9 Å². The number of fused-ring (bicyclic) bond motifs is 1. The van der Waals surface area contributed by atoms with Gasteiger partial charge in [0.05, 0.1) is 11.9 Å². The second kappa shape index (κ2) is 12.7. The number of nitrogens with zero attached hydrogens (tertiary/aromatic N) is 6. The first-order chi connectivity index (χ1) is 21.6. The van der Waals surface area contributed by atoms with E-state index in [0.717, 1.165) is 60.7 Å². The quantitative estimate of drug-likeness (QED) is 0.181. The Balaban J connectivity index is 0.934. The van der Waals surface area contributed by atoms with Crippen molar-refractivity contribution >= 4 is 23.0 Å². The predicted octanol–water partition coefficient (Wildman–Crippen LogP) is 4.63. The van der Waals surface area contributed by atoms with Crippen LogP contribution in [-0.2, 0) is 24.2 Å². The predicted molar refractivity (Wildman–Crippen MR) is 150 cm³/mol. The van der Waals surface area contributed by atoms with Crippen LogP contribution in [0.5, 0.6) is 5.75 Å². The van der Waals surface area contributed by atoms with Crippen molar-refractivity contribution < 1.29 is 36.6 Å². The van der Waals surface area contributed by atoms with Crippen LogP contribution in [0.2, 0.25) is 0 Å². The Kier molecular flexibility index (Phi) is 8.54. The fourth-order valence-corrected chi connectivity index (χ4v) is 5.11. The highest BCUT2D eigenvalue weighted by Gasteiger charge is 2.36. The first-order valence-corrected chi connectivity index (χ1v) is 14.6. The van der Waals surface area contributed by atoms with Gasteiger partial charge in [0.25, 0.3) is 5.91 Å². The van der Waals surface area contributed by atoms with Gasteiger partial charge in [0.1, 0.15) is 17.7 Å². The molecule has 6 rings (SSSR count). The molecule has 0 spiro atoms. The van der Waals surface area contributed by atoms with Crippen LogP contribution in [0.15, 0.2) is 36.5 Å². The van der Waals surface area contributed by atoms with Crippen molar-refractivity contribution in [2.24, 2.45) is 0 Å². The highest BCUT2D eigenvalue weighted by atomic mass is 19.4. The highest BCUT2D eigenvalue weighted by molar-refractivity contribution is 5.91. The lowest BCUT2D eigenvalue weighted by Gasteiger charge is -2.39. The number of likely N-dealkylation sites (tertiary alicyclic amines) is 1. The van der Waals surface area contributed by atoms with Gasteiger partial charge in [0.15, 0.2) is 11.3 Å². The van der Waals surface area contributed by atoms with E-state index in [4.69, 9.17) is 4.74 Å². The molecule has 2 aliphatic rings. The van der Waals surface area contributed by atoms with Crippen LogP contribution in [0.1, 0.15) is 65.5 Å². The van der Waals surface area contributed by atoms with Crippen molar-refractivity contribution in [3.05, 3.63) is 65.0 Å². The molecule has 0 bridgehead atoms. The molecule has 1 aromatic carbocycles. The Morgan fingerprint density at radius 3 is 2.64 bits per heavy atom.